The number of hydrogen-bond acceptors (Lipinski definition) is 3. The maximum absolute atomic E-state index is 12.0. The van der Waals surface area contributed by atoms with Crippen molar-refractivity contribution in [1.29, 1.82) is 0 Å². The predicted octanol–water partition coefficient (Wildman–Crippen LogP) is 0.691. The van der Waals surface area contributed by atoms with Crippen molar-refractivity contribution in [1.82, 2.24) is 15.1 Å². The first-order chi connectivity index (χ1) is 8.33. The van der Waals surface area contributed by atoms with E-state index in [1.807, 2.05) is 10.2 Å². The minimum absolute atomic E-state index is 0.508. The van der Waals surface area contributed by atoms with Crippen molar-refractivity contribution in [2.45, 2.75) is 26.1 Å². The summed E-state index contributed by atoms with van der Waals surface area (Å²) in [6.07, 6.45) is -4.35. The average molecular weight is 267 g/mol. The molecule has 1 heterocycles. The minimum Gasteiger partial charge on any atom is -0.346 e. The van der Waals surface area contributed by atoms with E-state index in [1.54, 1.807) is 6.92 Å². The average Bonchev–Trinajstić information content (AvgIpc) is 2.34. The van der Waals surface area contributed by atoms with Crippen molar-refractivity contribution >= 4 is 5.91 Å². The molecule has 0 saturated carbocycles. The minimum atomic E-state index is -4.35. The van der Waals surface area contributed by atoms with Gasteiger partial charge in [0, 0.05) is 26.2 Å². The third-order valence-electron chi connectivity index (χ3n) is 3.24. The number of rotatable bonds is 4. The normalized spacial score (nSPS) is 20.7. The summed E-state index contributed by atoms with van der Waals surface area (Å²) in [5, 5.41) is 1.93. The lowest BCUT2D eigenvalue weighted by molar-refractivity contribution is -0.141. The predicted molar refractivity (Wildman–Crippen MR) is 62.2 cm³/mol. The van der Waals surface area contributed by atoms with Crippen LogP contribution in [0, 0.1) is 0 Å². The van der Waals surface area contributed by atoms with Crippen molar-refractivity contribution in [2.24, 2.45) is 0 Å². The summed E-state index contributed by atoms with van der Waals surface area (Å²) in [6.45, 7) is 6.56. The summed E-state index contributed by atoms with van der Waals surface area (Å²) in [6, 6.07) is -0.508. The van der Waals surface area contributed by atoms with Gasteiger partial charge in [-0.3, -0.25) is 9.69 Å². The maximum atomic E-state index is 12.0. The van der Waals surface area contributed by atoms with Gasteiger partial charge < -0.3 is 10.2 Å². The van der Waals surface area contributed by atoms with E-state index >= 15 is 0 Å². The molecule has 106 valence electrons. The van der Waals surface area contributed by atoms with Gasteiger partial charge in [0.2, 0.25) is 5.91 Å². The third-order valence-corrected chi connectivity index (χ3v) is 3.24. The summed E-state index contributed by atoms with van der Waals surface area (Å²) in [5.74, 6) is -0.558. The number of hydrogen-bond donors (Lipinski definition) is 1. The number of likely N-dealkylation sites (N-methyl/N-ethyl adjacent to an activating group) is 1. The highest BCUT2D eigenvalue weighted by Gasteiger charge is 2.30. The molecule has 1 aliphatic rings. The summed E-state index contributed by atoms with van der Waals surface area (Å²) < 4.78 is 36.0. The van der Waals surface area contributed by atoms with E-state index in [0.717, 1.165) is 19.6 Å². The van der Waals surface area contributed by atoms with Crippen molar-refractivity contribution in [3.05, 3.63) is 0 Å². The Kier molecular flexibility index (Phi) is 5.40. The van der Waals surface area contributed by atoms with Gasteiger partial charge in [-0.15, -0.1) is 0 Å². The number of carbonyl (C=O) groups is 1. The molecule has 7 heteroatoms. The van der Waals surface area contributed by atoms with Crippen molar-refractivity contribution in [2.75, 3.05) is 39.3 Å². The first-order valence-corrected chi connectivity index (χ1v) is 6.14. The lowest BCUT2D eigenvalue weighted by Gasteiger charge is -2.36. The molecule has 0 aromatic carbocycles. The van der Waals surface area contributed by atoms with E-state index in [0.29, 0.717) is 13.1 Å². The number of piperazine rings is 1. The third kappa shape index (κ3) is 4.81. The fourth-order valence-electron chi connectivity index (χ4n) is 1.97. The van der Waals surface area contributed by atoms with Crippen molar-refractivity contribution in [3.63, 3.8) is 0 Å². The van der Waals surface area contributed by atoms with Crippen LogP contribution in [0.2, 0.25) is 0 Å². The van der Waals surface area contributed by atoms with Gasteiger partial charge in [-0.2, -0.15) is 13.2 Å². The number of alkyl halides is 3. The molecule has 0 bridgehead atoms. The highest BCUT2D eigenvalue weighted by Crippen LogP contribution is 2.13. The molecular weight excluding hydrogens is 247 g/mol. The van der Waals surface area contributed by atoms with Crippen LogP contribution in [0.25, 0.3) is 0 Å². The van der Waals surface area contributed by atoms with Crippen LogP contribution in [0.1, 0.15) is 13.8 Å². The number of nitrogens with zero attached hydrogens (tertiary/aromatic N) is 2. The Hall–Kier alpha value is -0.820. The molecule has 0 aromatic heterocycles. The molecule has 1 atom stereocenters. The Morgan fingerprint density at radius 3 is 2.28 bits per heavy atom. The van der Waals surface area contributed by atoms with Gasteiger partial charge in [0.15, 0.2) is 0 Å². The molecule has 0 spiro atoms. The highest BCUT2D eigenvalue weighted by atomic mass is 19.4. The van der Waals surface area contributed by atoms with Gasteiger partial charge in [0.05, 0.1) is 6.04 Å². The van der Waals surface area contributed by atoms with E-state index in [2.05, 4.69) is 11.8 Å². The summed E-state index contributed by atoms with van der Waals surface area (Å²) in [5.41, 5.74) is 0. The second-order valence-corrected chi connectivity index (χ2v) is 4.48. The first-order valence-electron chi connectivity index (χ1n) is 6.14. The SMILES string of the molecule is CCN1CCN(C(C)C(=O)NCC(F)(F)F)CC1. The van der Waals surface area contributed by atoms with Crippen LogP contribution < -0.4 is 5.32 Å². The zero-order valence-corrected chi connectivity index (χ0v) is 10.8. The van der Waals surface area contributed by atoms with Crippen LogP contribution in [0.3, 0.4) is 0 Å². The molecular formula is C11H20F3N3O. The first kappa shape index (κ1) is 15.2. The van der Waals surface area contributed by atoms with Gasteiger partial charge in [0.1, 0.15) is 6.54 Å². The largest absolute Gasteiger partial charge is 0.405 e. The maximum Gasteiger partial charge on any atom is 0.405 e. The Morgan fingerprint density at radius 1 is 1.28 bits per heavy atom. The molecule has 4 nitrogen and oxygen atoms in total. The van der Waals surface area contributed by atoms with Gasteiger partial charge in [-0.25, -0.2) is 0 Å². The Balaban J connectivity index is 2.35. The van der Waals surface area contributed by atoms with E-state index in [-0.39, 0.29) is 0 Å². The zero-order valence-electron chi connectivity index (χ0n) is 10.8. The van der Waals surface area contributed by atoms with Gasteiger partial charge in [-0.05, 0) is 13.5 Å². The molecule has 1 fully saturated rings. The Morgan fingerprint density at radius 2 is 1.83 bits per heavy atom. The molecule has 1 rings (SSSR count). The van der Waals surface area contributed by atoms with E-state index in [4.69, 9.17) is 0 Å². The zero-order chi connectivity index (χ0) is 13.8. The second kappa shape index (κ2) is 6.38. The molecule has 0 aromatic rings. The number of nitrogens with one attached hydrogen (secondary N) is 1. The molecule has 1 saturated heterocycles. The Labute approximate surface area is 105 Å². The summed E-state index contributed by atoms with van der Waals surface area (Å²) >= 11 is 0. The molecule has 0 aliphatic carbocycles. The van der Waals surface area contributed by atoms with Crippen LogP contribution in [0.4, 0.5) is 13.2 Å². The molecule has 1 unspecified atom stereocenters. The van der Waals surface area contributed by atoms with Gasteiger partial charge in [-0.1, -0.05) is 6.92 Å². The topological polar surface area (TPSA) is 35.6 Å². The summed E-state index contributed by atoms with van der Waals surface area (Å²) in [7, 11) is 0. The van der Waals surface area contributed by atoms with Crippen LogP contribution in [0.15, 0.2) is 0 Å². The second-order valence-electron chi connectivity index (χ2n) is 4.48. The molecule has 1 N–H and O–H groups in total. The molecule has 18 heavy (non-hydrogen) atoms. The van der Waals surface area contributed by atoms with Crippen LogP contribution >= 0.6 is 0 Å². The fraction of sp³-hybridized carbons (Fsp3) is 0.909. The number of halogens is 3. The number of carbonyl (C=O) groups excluding carboxylic acids is 1. The monoisotopic (exact) mass is 267 g/mol. The van der Waals surface area contributed by atoms with Crippen LogP contribution in [-0.4, -0.2) is 67.2 Å². The summed E-state index contributed by atoms with van der Waals surface area (Å²) in [4.78, 5) is 15.7. The van der Waals surface area contributed by atoms with Gasteiger partial charge in [0.25, 0.3) is 0 Å². The standard InChI is InChI=1S/C11H20F3N3O/c1-3-16-4-6-17(7-5-16)9(2)10(18)15-8-11(12,13)14/h9H,3-8H2,1-2H3,(H,15,18). The Bertz CT molecular complexity index is 275. The van der Waals surface area contributed by atoms with E-state index in [1.165, 1.54) is 0 Å². The van der Waals surface area contributed by atoms with Crippen molar-refractivity contribution < 1.29 is 18.0 Å². The van der Waals surface area contributed by atoms with E-state index in [9.17, 15) is 18.0 Å². The smallest absolute Gasteiger partial charge is 0.346 e. The number of amides is 1. The van der Waals surface area contributed by atoms with Crippen LogP contribution in [0.5, 0.6) is 0 Å². The molecule has 1 amide bonds. The van der Waals surface area contributed by atoms with Crippen molar-refractivity contribution in [3.8, 4) is 0 Å². The highest BCUT2D eigenvalue weighted by molar-refractivity contribution is 5.81. The van der Waals surface area contributed by atoms with Gasteiger partial charge >= 0.3 is 6.18 Å². The quantitative estimate of drug-likeness (QED) is 0.814. The lowest BCUT2D eigenvalue weighted by atomic mass is 10.2. The molecule has 0 radical (unpaired) electrons. The fourth-order valence-corrected chi connectivity index (χ4v) is 1.97. The molecule has 1 aliphatic heterocycles. The van der Waals surface area contributed by atoms with Crippen LogP contribution in [-0.2, 0) is 4.79 Å². The lowest BCUT2D eigenvalue weighted by Crippen LogP contribution is -2.54. The van der Waals surface area contributed by atoms with E-state index < -0.39 is 24.7 Å².